The third kappa shape index (κ3) is 8.42. The van der Waals surface area contributed by atoms with Gasteiger partial charge in [0.05, 0.1) is 0 Å². The summed E-state index contributed by atoms with van der Waals surface area (Å²) >= 11 is 0. The van der Waals surface area contributed by atoms with Crippen LogP contribution in [-0.4, -0.2) is 0 Å². The van der Waals surface area contributed by atoms with E-state index in [2.05, 4.69) is 31.2 Å². The third-order valence-electron chi connectivity index (χ3n) is 6.09. The molecule has 152 valence electrons. The first kappa shape index (κ1) is 22.4. The van der Waals surface area contributed by atoms with E-state index in [-0.39, 0.29) is 0 Å². The maximum Gasteiger partial charge on any atom is 0.199 e. The lowest BCUT2D eigenvalue weighted by molar-refractivity contribution is 0.312. The van der Waals surface area contributed by atoms with Gasteiger partial charge in [-0.3, -0.25) is 0 Å². The van der Waals surface area contributed by atoms with Gasteiger partial charge in [-0.05, 0) is 80.4 Å². The molecule has 0 saturated heterocycles. The van der Waals surface area contributed by atoms with Crippen LogP contribution in [0.2, 0.25) is 0 Å². The van der Waals surface area contributed by atoms with Gasteiger partial charge < -0.3 is 0 Å². The van der Waals surface area contributed by atoms with Crippen LogP contribution in [0, 0.1) is 17.2 Å². The number of aryl methyl sites for hydroxylation is 1. The molecule has 0 spiro atoms. The number of unbranched alkanes of at least 4 members (excludes halogenated alkanes) is 4. The lowest BCUT2D eigenvalue weighted by atomic mass is 9.77. The summed E-state index contributed by atoms with van der Waals surface area (Å²) in [4.78, 5) is 0. The average molecular weight is 382 g/mol. The van der Waals surface area contributed by atoms with Crippen molar-refractivity contribution in [3.8, 4) is 6.07 Å². The highest BCUT2D eigenvalue weighted by molar-refractivity contribution is 5.26. The largest absolute Gasteiger partial charge is 0.199 e. The van der Waals surface area contributed by atoms with Crippen LogP contribution in [0.25, 0.3) is 0 Å². The van der Waals surface area contributed by atoms with Crippen LogP contribution in [0.4, 0.5) is 4.39 Å². The molecule has 1 nitrogen and oxygen atoms in total. The van der Waals surface area contributed by atoms with Gasteiger partial charge >= 0.3 is 0 Å². The van der Waals surface area contributed by atoms with Crippen LogP contribution in [0.1, 0.15) is 94.6 Å². The molecule has 0 aliphatic heterocycles. The SMILES string of the molecule is CCCCCCCc1ccc([C@H]2CC[C@H](CC/C=C/C=C(\F)C#N)CC2)cc1. The third-order valence-corrected chi connectivity index (χ3v) is 6.09. The molecular weight excluding hydrogens is 345 g/mol. The minimum absolute atomic E-state index is 0.720. The molecule has 28 heavy (non-hydrogen) atoms. The molecule has 0 heterocycles. The van der Waals surface area contributed by atoms with Crippen LogP contribution in [0.3, 0.4) is 0 Å². The molecule has 1 aromatic rings. The summed E-state index contributed by atoms with van der Waals surface area (Å²) < 4.78 is 12.7. The van der Waals surface area contributed by atoms with Crippen LogP contribution < -0.4 is 0 Å². The van der Waals surface area contributed by atoms with Crippen LogP contribution >= 0.6 is 0 Å². The van der Waals surface area contributed by atoms with E-state index in [4.69, 9.17) is 5.26 Å². The average Bonchev–Trinajstić information content (AvgIpc) is 2.74. The number of nitrogens with zero attached hydrogens (tertiary/aromatic N) is 1. The molecule has 1 fully saturated rings. The van der Waals surface area contributed by atoms with Gasteiger partial charge in [-0.15, -0.1) is 0 Å². The molecule has 0 aromatic heterocycles. The molecule has 1 aliphatic carbocycles. The molecule has 2 rings (SSSR count). The second-order valence-corrected chi connectivity index (χ2v) is 8.26. The lowest BCUT2D eigenvalue weighted by Crippen LogP contribution is -2.13. The number of rotatable bonds is 11. The number of hydrogen-bond donors (Lipinski definition) is 0. The zero-order chi connectivity index (χ0) is 20.0. The topological polar surface area (TPSA) is 23.8 Å². The normalized spacial score (nSPS) is 20.4. The Balaban J connectivity index is 1.66. The van der Waals surface area contributed by atoms with E-state index in [1.54, 1.807) is 6.08 Å². The minimum atomic E-state index is -0.723. The van der Waals surface area contributed by atoms with Gasteiger partial charge in [-0.25, -0.2) is 0 Å². The van der Waals surface area contributed by atoms with Crippen LogP contribution in [-0.2, 0) is 6.42 Å². The van der Waals surface area contributed by atoms with E-state index < -0.39 is 5.83 Å². The van der Waals surface area contributed by atoms with Crippen molar-refractivity contribution < 1.29 is 4.39 Å². The summed E-state index contributed by atoms with van der Waals surface area (Å²) in [6, 6.07) is 10.9. The molecule has 1 aromatic carbocycles. The first-order valence-corrected chi connectivity index (χ1v) is 11.2. The fourth-order valence-electron chi connectivity index (χ4n) is 4.29. The monoisotopic (exact) mass is 381 g/mol. The smallest absolute Gasteiger partial charge is 0.195 e. The summed E-state index contributed by atoms with van der Waals surface area (Å²) in [5.74, 6) is 0.783. The zero-order valence-corrected chi connectivity index (χ0v) is 17.5. The molecule has 0 N–H and O–H groups in total. The standard InChI is InChI=1S/C26H36FN/c1-2-3-4-5-7-10-22-13-17-24(18-14-22)25-19-15-23(16-20-25)11-8-6-9-12-26(27)21-28/h6,9,12-14,17-18,23,25H,2-5,7-8,10-11,15-16,19-20H2,1H3/b9-6+,26-12-/t23-,25-. The van der Waals surface area contributed by atoms with E-state index in [0.29, 0.717) is 0 Å². The van der Waals surface area contributed by atoms with Gasteiger partial charge in [0.15, 0.2) is 5.83 Å². The zero-order valence-electron chi connectivity index (χ0n) is 17.5. The maximum atomic E-state index is 12.7. The Morgan fingerprint density at radius 2 is 1.79 bits per heavy atom. The van der Waals surface area contributed by atoms with Gasteiger partial charge in [-0.1, -0.05) is 69.0 Å². The van der Waals surface area contributed by atoms with Crippen LogP contribution in [0.5, 0.6) is 0 Å². The summed E-state index contributed by atoms with van der Waals surface area (Å²) in [5.41, 5.74) is 3.01. The van der Waals surface area contributed by atoms with Crippen molar-refractivity contribution in [2.75, 3.05) is 0 Å². The van der Waals surface area contributed by atoms with Crippen molar-refractivity contribution in [3.63, 3.8) is 0 Å². The molecule has 2 heteroatoms. The van der Waals surface area contributed by atoms with Crippen molar-refractivity contribution in [3.05, 3.63) is 59.4 Å². The number of allylic oxidation sites excluding steroid dienone is 4. The Kier molecular flexibility index (Phi) is 10.7. The van der Waals surface area contributed by atoms with Crippen molar-refractivity contribution in [2.24, 2.45) is 5.92 Å². The maximum absolute atomic E-state index is 12.7. The second kappa shape index (κ2) is 13.3. The predicted octanol–water partition coefficient (Wildman–Crippen LogP) is 8.19. The quantitative estimate of drug-likeness (QED) is 0.215. The highest BCUT2D eigenvalue weighted by Crippen LogP contribution is 2.37. The molecule has 0 amide bonds. The Morgan fingerprint density at radius 3 is 2.46 bits per heavy atom. The highest BCUT2D eigenvalue weighted by Gasteiger charge is 2.21. The second-order valence-electron chi connectivity index (χ2n) is 8.26. The molecule has 0 unspecified atom stereocenters. The van der Waals surface area contributed by atoms with E-state index in [1.807, 2.05) is 6.08 Å². The number of hydrogen-bond acceptors (Lipinski definition) is 1. The number of nitriles is 1. The molecule has 0 atom stereocenters. The molecule has 0 bridgehead atoms. The van der Waals surface area contributed by atoms with E-state index in [1.165, 1.54) is 93.9 Å². The lowest BCUT2D eigenvalue weighted by Gasteiger charge is -2.28. The summed E-state index contributed by atoms with van der Waals surface area (Å²) in [6.45, 7) is 2.27. The van der Waals surface area contributed by atoms with Gasteiger partial charge in [-0.2, -0.15) is 9.65 Å². The summed E-state index contributed by atoms with van der Waals surface area (Å²) in [6.07, 6.45) is 20.1. The summed E-state index contributed by atoms with van der Waals surface area (Å²) in [7, 11) is 0. The Labute approximate surface area is 171 Å². The number of benzene rings is 1. The number of halogens is 1. The molecule has 1 saturated carbocycles. The first-order chi connectivity index (χ1) is 13.7. The van der Waals surface area contributed by atoms with Gasteiger partial charge in [0, 0.05) is 0 Å². The van der Waals surface area contributed by atoms with Gasteiger partial charge in [0.2, 0.25) is 0 Å². The fraction of sp³-hybridized carbons (Fsp3) is 0.577. The summed E-state index contributed by atoms with van der Waals surface area (Å²) in [5, 5.41) is 8.37. The van der Waals surface area contributed by atoms with Crippen LogP contribution in [0.15, 0.2) is 48.3 Å². The fourth-order valence-corrected chi connectivity index (χ4v) is 4.29. The minimum Gasteiger partial charge on any atom is -0.195 e. The van der Waals surface area contributed by atoms with E-state index >= 15 is 0 Å². The predicted molar refractivity (Wildman–Crippen MR) is 117 cm³/mol. The Bertz CT molecular complexity index is 642. The highest BCUT2D eigenvalue weighted by atomic mass is 19.1. The van der Waals surface area contributed by atoms with Crippen molar-refractivity contribution >= 4 is 0 Å². The van der Waals surface area contributed by atoms with Crippen molar-refractivity contribution in [2.45, 2.75) is 89.9 Å². The van der Waals surface area contributed by atoms with E-state index in [9.17, 15) is 4.39 Å². The molecule has 1 aliphatic rings. The van der Waals surface area contributed by atoms with Gasteiger partial charge in [0.25, 0.3) is 0 Å². The Morgan fingerprint density at radius 1 is 1.07 bits per heavy atom. The Hall–Kier alpha value is -1.88. The molecular formula is C26H36FN. The van der Waals surface area contributed by atoms with Gasteiger partial charge in [0.1, 0.15) is 6.07 Å². The van der Waals surface area contributed by atoms with E-state index in [0.717, 1.165) is 18.3 Å². The molecule has 0 radical (unpaired) electrons. The van der Waals surface area contributed by atoms with Crippen molar-refractivity contribution in [1.29, 1.82) is 5.26 Å². The van der Waals surface area contributed by atoms with Crippen molar-refractivity contribution in [1.82, 2.24) is 0 Å². The first-order valence-electron chi connectivity index (χ1n) is 11.2.